The van der Waals surface area contributed by atoms with E-state index in [9.17, 15) is 14.4 Å². The van der Waals surface area contributed by atoms with Crippen LogP contribution < -0.4 is 9.64 Å². The van der Waals surface area contributed by atoms with E-state index in [1.807, 2.05) is 24.3 Å². The van der Waals surface area contributed by atoms with E-state index in [-0.39, 0.29) is 11.7 Å². The molecular weight excluding hydrogens is 358 g/mol. The number of esters is 1. The monoisotopic (exact) mass is 381 g/mol. The number of methoxy groups -OCH3 is 1. The SMILES string of the molecule is CCC(OC(=O)[C@@H]1Cc2ccccc2N1C(C)=O)C(=O)c1ccc(OC)cc1. The summed E-state index contributed by atoms with van der Waals surface area (Å²) in [5.74, 6) is -0.438. The summed E-state index contributed by atoms with van der Waals surface area (Å²) in [5, 5.41) is 0. The molecule has 0 spiro atoms. The van der Waals surface area contributed by atoms with Crippen molar-refractivity contribution in [2.75, 3.05) is 12.0 Å². The van der Waals surface area contributed by atoms with Gasteiger partial charge in [-0.2, -0.15) is 0 Å². The van der Waals surface area contributed by atoms with Crippen LogP contribution >= 0.6 is 0 Å². The minimum atomic E-state index is -0.904. The molecule has 0 aromatic heterocycles. The van der Waals surface area contributed by atoms with E-state index < -0.39 is 18.1 Å². The van der Waals surface area contributed by atoms with Crippen molar-refractivity contribution in [3.63, 3.8) is 0 Å². The lowest BCUT2D eigenvalue weighted by molar-refractivity contribution is -0.149. The zero-order valence-corrected chi connectivity index (χ0v) is 16.2. The largest absolute Gasteiger partial charge is 0.497 e. The zero-order chi connectivity index (χ0) is 20.3. The Kier molecular flexibility index (Phi) is 5.78. The van der Waals surface area contributed by atoms with Crippen molar-refractivity contribution in [2.24, 2.45) is 0 Å². The Balaban J connectivity index is 1.76. The predicted molar refractivity (Wildman–Crippen MR) is 105 cm³/mol. The Morgan fingerprint density at radius 1 is 1.11 bits per heavy atom. The molecule has 146 valence electrons. The third-order valence-corrected chi connectivity index (χ3v) is 4.88. The predicted octanol–water partition coefficient (Wildman–Crippen LogP) is 3.18. The number of para-hydroxylation sites is 1. The first-order chi connectivity index (χ1) is 13.5. The Hall–Kier alpha value is -3.15. The summed E-state index contributed by atoms with van der Waals surface area (Å²) in [5.41, 5.74) is 2.07. The van der Waals surface area contributed by atoms with Gasteiger partial charge >= 0.3 is 5.97 Å². The molecular formula is C22H23NO5. The Morgan fingerprint density at radius 2 is 1.79 bits per heavy atom. The molecule has 0 N–H and O–H groups in total. The van der Waals surface area contributed by atoms with Crippen LogP contribution in [0.2, 0.25) is 0 Å². The minimum absolute atomic E-state index is 0.235. The molecule has 1 unspecified atom stereocenters. The van der Waals surface area contributed by atoms with Gasteiger partial charge in [0, 0.05) is 24.6 Å². The molecule has 1 heterocycles. The van der Waals surface area contributed by atoms with Gasteiger partial charge in [0.25, 0.3) is 0 Å². The van der Waals surface area contributed by atoms with E-state index >= 15 is 0 Å². The molecule has 0 aliphatic carbocycles. The summed E-state index contributed by atoms with van der Waals surface area (Å²) >= 11 is 0. The van der Waals surface area contributed by atoms with Gasteiger partial charge in [0.2, 0.25) is 11.7 Å². The lowest BCUT2D eigenvalue weighted by atomic mass is 10.0. The molecule has 2 atom stereocenters. The second kappa shape index (κ2) is 8.25. The normalized spacial score (nSPS) is 16.2. The number of amides is 1. The Morgan fingerprint density at radius 3 is 2.39 bits per heavy atom. The second-order valence-electron chi connectivity index (χ2n) is 6.66. The van der Waals surface area contributed by atoms with Crippen LogP contribution in [-0.2, 0) is 20.7 Å². The van der Waals surface area contributed by atoms with Gasteiger partial charge in [-0.25, -0.2) is 4.79 Å². The van der Waals surface area contributed by atoms with Gasteiger partial charge in [0.05, 0.1) is 7.11 Å². The first-order valence-electron chi connectivity index (χ1n) is 9.22. The maximum Gasteiger partial charge on any atom is 0.330 e. The number of carbonyl (C=O) groups is 3. The van der Waals surface area contributed by atoms with E-state index in [1.54, 1.807) is 38.3 Å². The van der Waals surface area contributed by atoms with Crippen LogP contribution in [0.15, 0.2) is 48.5 Å². The lowest BCUT2D eigenvalue weighted by Crippen LogP contribution is -2.44. The van der Waals surface area contributed by atoms with E-state index in [0.717, 1.165) is 5.56 Å². The molecule has 6 heteroatoms. The number of rotatable bonds is 6. The summed E-state index contributed by atoms with van der Waals surface area (Å²) in [6.45, 7) is 3.20. The van der Waals surface area contributed by atoms with Gasteiger partial charge in [-0.1, -0.05) is 25.1 Å². The molecule has 0 bridgehead atoms. The highest BCUT2D eigenvalue weighted by atomic mass is 16.5. The van der Waals surface area contributed by atoms with Crippen molar-refractivity contribution >= 4 is 23.3 Å². The fourth-order valence-electron chi connectivity index (χ4n) is 3.45. The average molecular weight is 381 g/mol. The van der Waals surface area contributed by atoms with Gasteiger partial charge < -0.3 is 9.47 Å². The Bertz CT molecular complexity index is 890. The van der Waals surface area contributed by atoms with Crippen molar-refractivity contribution in [1.82, 2.24) is 0 Å². The molecule has 28 heavy (non-hydrogen) atoms. The third kappa shape index (κ3) is 3.76. The molecule has 0 fully saturated rings. The molecule has 0 saturated carbocycles. The number of fused-ring (bicyclic) bond motifs is 1. The molecule has 0 radical (unpaired) electrons. The van der Waals surface area contributed by atoms with E-state index in [4.69, 9.17) is 9.47 Å². The summed E-state index contributed by atoms with van der Waals surface area (Å²) in [7, 11) is 1.55. The maximum atomic E-state index is 12.8. The first kappa shape index (κ1) is 19.6. The first-order valence-corrected chi connectivity index (χ1v) is 9.22. The average Bonchev–Trinajstić information content (AvgIpc) is 3.11. The zero-order valence-electron chi connectivity index (χ0n) is 16.2. The third-order valence-electron chi connectivity index (χ3n) is 4.88. The van der Waals surface area contributed by atoms with Crippen molar-refractivity contribution in [3.8, 4) is 5.75 Å². The number of ketones is 1. The number of ether oxygens (including phenoxy) is 2. The maximum absolute atomic E-state index is 12.8. The summed E-state index contributed by atoms with van der Waals surface area (Å²) in [6.07, 6.45) is -0.184. The molecule has 1 amide bonds. The molecule has 1 aliphatic rings. The molecule has 6 nitrogen and oxygen atoms in total. The van der Waals surface area contributed by atoms with Gasteiger partial charge in [-0.05, 0) is 42.3 Å². The number of carbonyl (C=O) groups excluding carboxylic acids is 3. The van der Waals surface area contributed by atoms with Crippen LogP contribution in [-0.4, -0.2) is 36.9 Å². The molecule has 2 aromatic rings. The highest BCUT2D eigenvalue weighted by Crippen LogP contribution is 2.33. The fourth-order valence-corrected chi connectivity index (χ4v) is 3.45. The standard InChI is InChI=1S/C22H23NO5/c1-4-20(21(25)15-9-11-17(27-3)12-10-15)28-22(26)19-13-16-7-5-6-8-18(16)23(19)14(2)24/h5-12,19-20H,4,13H2,1-3H3/t19-,20?/m0/s1. The molecule has 1 aliphatic heterocycles. The molecule has 2 aromatic carbocycles. The number of hydrogen-bond donors (Lipinski definition) is 0. The summed E-state index contributed by atoms with van der Waals surface area (Å²) in [4.78, 5) is 39.2. The van der Waals surface area contributed by atoms with Crippen molar-refractivity contribution < 1.29 is 23.9 Å². The highest BCUT2D eigenvalue weighted by molar-refractivity contribution is 6.03. The van der Waals surface area contributed by atoms with Gasteiger partial charge in [-0.15, -0.1) is 0 Å². The highest BCUT2D eigenvalue weighted by Gasteiger charge is 2.39. The van der Waals surface area contributed by atoms with Crippen LogP contribution in [0.5, 0.6) is 5.75 Å². The van der Waals surface area contributed by atoms with Crippen molar-refractivity contribution in [3.05, 3.63) is 59.7 Å². The summed E-state index contributed by atoms with van der Waals surface area (Å²) < 4.78 is 10.7. The molecule has 3 rings (SSSR count). The van der Waals surface area contributed by atoms with Crippen molar-refractivity contribution in [2.45, 2.75) is 38.8 Å². The number of anilines is 1. The second-order valence-corrected chi connectivity index (χ2v) is 6.66. The van der Waals surface area contributed by atoms with Gasteiger partial charge in [0.1, 0.15) is 11.8 Å². The number of hydrogen-bond acceptors (Lipinski definition) is 5. The number of benzene rings is 2. The number of Topliss-reactive ketones (excluding diaryl/α,β-unsaturated/α-hetero) is 1. The van der Waals surface area contributed by atoms with Gasteiger partial charge in [0.15, 0.2) is 6.10 Å². The van der Waals surface area contributed by atoms with E-state index in [2.05, 4.69) is 0 Å². The van der Waals surface area contributed by atoms with Crippen LogP contribution in [0.1, 0.15) is 36.2 Å². The number of nitrogens with zero attached hydrogens (tertiary/aromatic N) is 1. The molecule has 0 saturated heterocycles. The van der Waals surface area contributed by atoms with E-state index in [1.165, 1.54) is 11.8 Å². The quantitative estimate of drug-likeness (QED) is 0.568. The topological polar surface area (TPSA) is 72.9 Å². The van der Waals surface area contributed by atoms with Crippen molar-refractivity contribution in [1.29, 1.82) is 0 Å². The van der Waals surface area contributed by atoms with Crippen LogP contribution in [0.3, 0.4) is 0 Å². The lowest BCUT2D eigenvalue weighted by Gasteiger charge is -2.24. The van der Waals surface area contributed by atoms with Crippen LogP contribution in [0.4, 0.5) is 5.69 Å². The van der Waals surface area contributed by atoms with E-state index in [0.29, 0.717) is 29.8 Å². The summed E-state index contributed by atoms with van der Waals surface area (Å²) in [6, 6.07) is 13.3. The van der Waals surface area contributed by atoms with Gasteiger partial charge in [-0.3, -0.25) is 14.5 Å². The van der Waals surface area contributed by atoms with Crippen LogP contribution in [0.25, 0.3) is 0 Å². The van der Waals surface area contributed by atoms with Crippen LogP contribution in [0, 0.1) is 0 Å². The fraction of sp³-hybridized carbons (Fsp3) is 0.318. The minimum Gasteiger partial charge on any atom is -0.497 e. The Labute approximate surface area is 164 Å². The smallest absolute Gasteiger partial charge is 0.330 e.